The van der Waals surface area contributed by atoms with Crippen LogP contribution in [0, 0.1) is 0 Å². The van der Waals surface area contributed by atoms with E-state index in [9.17, 15) is 0 Å². The van der Waals surface area contributed by atoms with Crippen molar-refractivity contribution >= 4 is 34.2 Å². The summed E-state index contributed by atoms with van der Waals surface area (Å²) in [4.78, 5) is 10.4. The quantitative estimate of drug-likeness (QED) is 0.0606. The van der Waals surface area contributed by atoms with Gasteiger partial charge in [-0.3, -0.25) is 9.98 Å². The van der Waals surface area contributed by atoms with Gasteiger partial charge >= 0.3 is 0 Å². The molecule has 0 aliphatic rings. The summed E-state index contributed by atoms with van der Waals surface area (Å²) in [6, 6.07) is 17.3. The van der Waals surface area contributed by atoms with Crippen molar-refractivity contribution in [1.82, 2.24) is 0 Å². The Balaban J connectivity index is 0.00000968. The maximum absolute atomic E-state index is 5.20. The van der Waals surface area contributed by atoms with Crippen LogP contribution >= 0.6 is 0 Å². The fourth-order valence-corrected chi connectivity index (χ4v) is 5.31. The minimum Gasteiger partial charge on any atom is -0.385 e. The zero-order valence-corrected chi connectivity index (χ0v) is 29.7. The molecule has 2 rings (SSSR count). The van der Waals surface area contributed by atoms with Gasteiger partial charge in [-0.25, -0.2) is 0 Å². The van der Waals surface area contributed by atoms with E-state index in [1.54, 1.807) is 0 Å². The molecule has 0 aliphatic carbocycles. The maximum atomic E-state index is 5.20. The third-order valence-corrected chi connectivity index (χ3v) is 8.10. The van der Waals surface area contributed by atoms with Crippen LogP contribution in [0.15, 0.2) is 58.5 Å². The van der Waals surface area contributed by atoms with E-state index in [1.807, 2.05) is 0 Å². The first-order valence-corrected chi connectivity index (χ1v) is 18.0. The molecule has 0 atom stereocenters. The molecule has 0 fully saturated rings. The van der Waals surface area contributed by atoms with Crippen LogP contribution < -0.4 is 10.6 Å². The number of benzene rings is 2. The van der Waals surface area contributed by atoms with Crippen molar-refractivity contribution in [1.29, 1.82) is 0 Å². The number of rotatable bonds is 26. The second kappa shape index (κ2) is 27.2. The summed E-state index contributed by atoms with van der Waals surface area (Å²) in [7, 11) is 0. The van der Waals surface area contributed by atoms with Crippen molar-refractivity contribution in [3.63, 3.8) is 0 Å². The number of hydrogen-bond donors (Lipinski definition) is 2. The summed E-state index contributed by atoms with van der Waals surface area (Å²) in [6.45, 7) is 11.2. The number of unbranched alkanes of at least 4 members (excludes halogenated alkanes) is 13. The van der Waals surface area contributed by atoms with Crippen LogP contribution in [-0.4, -0.2) is 24.5 Å². The van der Waals surface area contributed by atoms with Crippen LogP contribution in [0.1, 0.15) is 150 Å². The van der Waals surface area contributed by atoms with E-state index in [-0.39, 0.29) is 16.5 Å². The predicted octanol–water partition coefficient (Wildman–Crippen LogP) is 12.8. The Kier molecular flexibility index (Phi) is 24.7. The average molecular weight is 648 g/mol. The fourth-order valence-electron chi connectivity index (χ4n) is 5.31. The van der Waals surface area contributed by atoms with Crippen molar-refractivity contribution in [2.24, 2.45) is 9.98 Å². The van der Waals surface area contributed by atoms with Crippen LogP contribution in [-0.2, 0) is 16.5 Å². The van der Waals surface area contributed by atoms with Gasteiger partial charge in [-0.1, -0.05) is 111 Å². The Hall–Kier alpha value is -2.13. The van der Waals surface area contributed by atoms with Gasteiger partial charge in [0.25, 0.3) is 0 Å². The first-order valence-electron chi connectivity index (χ1n) is 18.0. The molecule has 0 bridgehead atoms. The van der Waals surface area contributed by atoms with Crippen molar-refractivity contribution in [2.45, 2.75) is 150 Å². The normalized spacial score (nSPS) is 11.8. The molecule has 0 radical (unpaired) electrons. The number of hydrogen-bond acceptors (Lipinski definition) is 4. The Morgan fingerprint density at radius 1 is 0.432 bits per heavy atom. The Morgan fingerprint density at radius 3 is 1.18 bits per heavy atom. The van der Waals surface area contributed by atoms with Crippen LogP contribution in [0.4, 0.5) is 22.7 Å². The van der Waals surface area contributed by atoms with Gasteiger partial charge in [0.05, 0.1) is 22.8 Å². The molecular formula is C39H64N4Ni. The van der Waals surface area contributed by atoms with Gasteiger partial charge in [-0.15, -0.1) is 0 Å². The van der Waals surface area contributed by atoms with Gasteiger partial charge in [-0.05, 0) is 87.1 Å². The summed E-state index contributed by atoms with van der Waals surface area (Å²) in [5, 5.41) is 7.19. The molecule has 2 aromatic carbocycles. The van der Waals surface area contributed by atoms with Gasteiger partial charge in [0.1, 0.15) is 0 Å². The second-order valence-electron chi connectivity index (χ2n) is 12.2. The third-order valence-electron chi connectivity index (χ3n) is 8.10. The molecule has 0 amide bonds. The minimum atomic E-state index is 0. The molecule has 2 N–H and O–H groups in total. The van der Waals surface area contributed by atoms with Gasteiger partial charge in [-0.2, -0.15) is 0 Å². The van der Waals surface area contributed by atoms with E-state index < -0.39 is 0 Å². The van der Waals surface area contributed by atoms with Crippen molar-refractivity contribution in [3.05, 3.63) is 48.5 Å². The molecular weight excluding hydrogens is 583 g/mol. The zero-order valence-electron chi connectivity index (χ0n) is 28.7. The van der Waals surface area contributed by atoms with E-state index in [0.29, 0.717) is 0 Å². The Bertz CT molecular complexity index is 998. The largest absolute Gasteiger partial charge is 0.385 e. The van der Waals surface area contributed by atoms with Crippen LogP contribution in [0.2, 0.25) is 0 Å². The van der Waals surface area contributed by atoms with Crippen molar-refractivity contribution < 1.29 is 16.5 Å². The summed E-state index contributed by atoms with van der Waals surface area (Å²) in [5.41, 5.74) is 6.72. The molecule has 5 heteroatoms. The number of nitrogens with one attached hydrogen (secondary N) is 2. The summed E-state index contributed by atoms with van der Waals surface area (Å²) < 4.78 is 0. The van der Waals surface area contributed by atoms with Crippen molar-refractivity contribution in [2.75, 3.05) is 23.7 Å². The second-order valence-corrected chi connectivity index (χ2v) is 12.2. The smallest absolute Gasteiger partial charge is 0.0635 e. The maximum Gasteiger partial charge on any atom is 0.0635 e. The van der Waals surface area contributed by atoms with Gasteiger partial charge in [0.15, 0.2) is 0 Å². The van der Waals surface area contributed by atoms with E-state index >= 15 is 0 Å². The van der Waals surface area contributed by atoms with E-state index in [1.165, 1.54) is 101 Å². The minimum absolute atomic E-state index is 0. The van der Waals surface area contributed by atoms with Crippen LogP contribution in [0.5, 0.6) is 0 Å². The third kappa shape index (κ3) is 18.6. The topological polar surface area (TPSA) is 48.8 Å². The summed E-state index contributed by atoms with van der Waals surface area (Å²) in [5.74, 6) is 0. The number of anilines is 2. The molecule has 0 spiro atoms. The SMILES string of the molecule is CCCCCCCCNc1ccc(N=C(CCCC)C(CCCCC)=Nc2ccc(NCCCCCCCC)cc2)cc1.[Ni]. The molecule has 0 heterocycles. The molecule has 0 saturated carbocycles. The van der Waals surface area contributed by atoms with E-state index in [2.05, 4.69) is 86.9 Å². The van der Waals surface area contributed by atoms with Crippen LogP contribution in [0.25, 0.3) is 0 Å². The summed E-state index contributed by atoms with van der Waals surface area (Å²) >= 11 is 0. The molecule has 0 aromatic heterocycles. The van der Waals surface area contributed by atoms with E-state index in [4.69, 9.17) is 9.98 Å². The molecule has 250 valence electrons. The molecule has 0 unspecified atom stereocenters. The first kappa shape index (κ1) is 39.9. The van der Waals surface area contributed by atoms with Crippen LogP contribution in [0.3, 0.4) is 0 Å². The molecule has 2 aromatic rings. The van der Waals surface area contributed by atoms with Crippen molar-refractivity contribution in [3.8, 4) is 0 Å². The zero-order chi connectivity index (χ0) is 30.8. The van der Waals surface area contributed by atoms with E-state index in [0.717, 1.165) is 68.0 Å². The number of aliphatic imine (C=N–C) groups is 2. The van der Waals surface area contributed by atoms with Gasteiger partial charge < -0.3 is 10.6 Å². The standard InChI is InChI=1S/C39H64N4.Ni/c1-5-9-13-15-17-20-32-40-34-24-28-36(29-25-34)42-38(22-12-8-4)39(23-19-11-7-3)43-37-30-26-35(27-31-37)41-33-21-18-16-14-10-6-2;/h24-31,40-41H,5-23,32-33H2,1-4H3;. The molecule has 0 aliphatic heterocycles. The average Bonchev–Trinajstić information content (AvgIpc) is 3.03. The fraction of sp³-hybridized carbons (Fsp3) is 0.641. The number of nitrogens with zero attached hydrogens (tertiary/aromatic N) is 2. The van der Waals surface area contributed by atoms with Gasteiger partial charge in [0, 0.05) is 41.0 Å². The molecule has 0 saturated heterocycles. The Labute approximate surface area is 281 Å². The summed E-state index contributed by atoms with van der Waals surface area (Å²) in [6.07, 6.45) is 23.7. The molecule has 4 nitrogen and oxygen atoms in total. The Morgan fingerprint density at radius 2 is 0.773 bits per heavy atom. The first-order chi connectivity index (χ1) is 21.2. The van der Waals surface area contributed by atoms with Gasteiger partial charge in [0.2, 0.25) is 0 Å². The molecule has 44 heavy (non-hydrogen) atoms. The predicted molar refractivity (Wildman–Crippen MR) is 194 cm³/mol. The monoisotopic (exact) mass is 646 g/mol.